The number of aryl methyl sites for hydroxylation is 1. The Labute approximate surface area is 133 Å². The molecule has 4 heteroatoms. The van der Waals surface area contributed by atoms with Gasteiger partial charge in [0.15, 0.2) is 0 Å². The highest BCUT2D eigenvalue weighted by molar-refractivity contribution is 5.78. The Bertz CT molecular complexity index is 502. The molecule has 0 bridgehead atoms. The van der Waals surface area contributed by atoms with Gasteiger partial charge in [0.25, 0.3) is 0 Å². The normalized spacial score (nSPS) is 20.1. The van der Waals surface area contributed by atoms with Gasteiger partial charge < -0.3 is 10.0 Å². The molecule has 1 aromatic carbocycles. The first-order valence-corrected chi connectivity index (χ1v) is 8.18. The zero-order chi connectivity index (χ0) is 16.1. The van der Waals surface area contributed by atoms with E-state index >= 15 is 0 Å². The van der Waals surface area contributed by atoms with E-state index in [9.17, 15) is 9.90 Å². The summed E-state index contributed by atoms with van der Waals surface area (Å²) in [4.78, 5) is 16.5. The van der Waals surface area contributed by atoms with Gasteiger partial charge in [-0.2, -0.15) is 0 Å². The lowest BCUT2D eigenvalue weighted by Crippen LogP contribution is -2.41. The summed E-state index contributed by atoms with van der Waals surface area (Å²) in [7, 11) is 1.87. The van der Waals surface area contributed by atoms with E-state index < -0.39 is 0 Å². The van der Waals surface area contributed by atoms with Gasteiger partial charge in [-0.15, -0.1) is 0 Å². The highest BCUT2D eigenvalue weighted by atomic mass is 16.3. The zero-order valence-corrected chi connectivity index (χ0v) is 14.0. The Kier molecular flexibility index (Phi) is 5.98. The zero-order valence-electron chi connectivity index (χ0n) is 14.0. The molecular weight excluding hydrogens is 276 g/mol. The van der Waals surface area contributed by atoms with Crippen LogP contribution in [0.5, 0.6) is 0 Å². The molecular formula is C18H28N2O2. The topological polar surface area (TPSA) is 43.8 Å². The summed E-state index contributed by atoms with van der Waals surface area (Å²) in [5.41, 5.74) is 2.41. The maximum atomic E-state index is 12.5. The quantitative estimate of drug-likeness (QED) is 0.876. The maximum absolute atomic E-state index is 12.5. The van der Waals surface area contributed by atoms with Crippen LogP contribution in [0.4, 0.5) is 0 Å². The minimum atomic E-state index is -0.301. The lowest BCUT2D eigenvalue weighted by molar-refractivity contribution is -0.132. The van der Waals surface area contributed by atoms with Crippen LogP contribution < -0.4 is 0 Å². The van der Waals surface area contributed by atoms with Crippen molar-refractivity contribution < 1.29 is 9.90 Å². The molecule has 22 heavy (non-hydrogen) atoms. The minimum Gasteiger partial charge on any atom is -0.393 e. The molecule has 1 aliphatic heterocycles. The first-order valence-electron chi connectivity index (χ1n) is 8.18. The van der Waals surface area contributed by atoms with Gasteiger partial charge in [0.1, 0.15) is 0 Å². The lowest BCUT2D eigenvalue weighted by Gasteiger charge is -2.27. The summed E-state index contributed by atoms with van der Waals surface area (Å²) in [6.07, 6.45) is 2.66. The summed E-state index contributed by atoms with van der Waals surface area (Å²) in [6.45, 7) is 5.97. The van der Waals surface area contributed by atoms with Crippen molar-refractivity contribution in [2.45, 2.75) is 51.8 Å². The molecule has 1 saturated heterocycles. The highest BCUT2D eigenvalue weighted by Gasteiger charge is 2.28. The largest absolute Gasteiger partial charge is 0.393 e. The number of likely N-dealkylation sites (tertiary alicyclic amines) is 1. The number of amides is 1. The number of benzene rings is 1. The number of hydrogen-bond acceptors (Lipinski definition) is 3. The number of carbonyl (C=O) groups is 1. The van der Waals surface area contributed by atoms with E-state index in [1.54, 1.807) is 4.90 Å². The molecule has 1 heterocycles. The Hall–Kier alpha value is -1.39. The summed E-state index contributed by atoms with van der Waals surface area (Å²) in [5.74, 6) is 0.153. The SMILES string of the molecule is Cc1ccccc1CN(C)C(=O)CN1CCCC1CC(C)O. The van der Waals surface area contributed by atoms with Gasteiger partial charge in [-0.1, -0.05) is 24.3 Å². The number of hydrogen-bond donors (Lipinski definition) is 1. The fourth-order valence-electron chi connectivity index (χ4n) is 3.19. The van der Waals surface area contributed by atoms with E-state index in [0.29, 0.717) is 19.1 Å². The smallest absolute Gasteiger partial charge is 0.236 e. The van der Waals surface area contributed by atoms with Crippen LogP contribution in [0.3, 0.4) is 0 Å². The molecule has 1 N–H and O–H groups in total. The second kappa shape index (κ2) is 7.75. The van der Waals surface area contributed by atoms with Gasteiger partial charge in [0.2, 0.25) is 5.91 Å². The number of nitrogens with zero attached hydrogens (tertiary/aromatic N) is 2. The number of aliphatic hydroxyl groups excluding tert-OH is 1. The first kappa shape index (κ1) is 17.0. The highest BCUT2D eigenvalue weighted by Crippen LogP contribution is 2.21. The van der Waals surface area contributed by atoms with Crippen molar-refractivity contribution in [3.8, 4) is 0 Å². The molecule has 0 radical (unpaired) electrons. The average Bonchev–Trinajstić information content (AvgIpc) is 2.87. The molecule has 2 atom stereocenters. The molecule has 4 nitrogen and oxygen atoms in total. The summed E-state index contributed by atoms with van der Waals surface area (Å²) < 4.78 is 0. The molecule has 0 saturated carbocycles. The molecule has 0 aromatic heterocycles. The lowest BCUT2D eigenvalue weighted by atomic mass is 10.1. The number of rotatable bonds is 6. The molecule has 1 aliphatic rings. The van der Waals surface area contributed by atoms with Crippen LogP contribution in [-0.4, -0.2) is 53.1 Å². The minimum absolute atomic E-state index is 0.153. The van der Waals surface area contributed by atoms with Crippen LogP contribution in [0.25, 0.3) is 0 Å². The van der Waals surface area contributed by atoms with Crippen LogP contribution in [0, 0.1) is 6.92 Å². The maximum Gasteiger partial charge on any atom is 0.236 e. The molecule has 122 valence electrons. The van der Waals surface area contributed by atoms with E-state index in [1.165, 1.54) is 11.1 Å². The summed E-state index contributed by atoms with van der Waals surface area (Å²) in [6, 6.07) is 8.53. The van der Waals surface area contributed by atoms with Crippen molar-refractivity contribution in [3.05, 3.63) is 35.4 Å². The summed E-state index contributed by atoms with van der Waals surface area (Å²) in [5, 5.41) is 9.58. The van der Waals surface area contributed by atoms with E-state index in [0.717, 1.165) is 25.8 Å². The van der Waals surface area contributed by atoms with Crippen LogP contribution in [0.2, 0.25) is 0 Å². The van der Waals surface area contributed by atoms with Gasteiger partial charge in [-0.05, 0) is 50.8 Å². The first-order chi connectivity index (χ1) is 10.5. The predicted octanol–water partition coefficient (Wildman–Crippen LogP) is 2.19. The third kappa shape index (κ3) is 4.55. The number of aliphatic hydroxyl groups is 1. The Morgan fingerprint density at radius 2 is 2.18 bits per heavy atom. The molecule has 1 aromatic rings. The second-order valence-corrected chi connectivity index (χ2v) is 6.53. The van der Waals surface area contributed by atoms with Crippen LogP contribution in [0.15, 0.2) is 24.3 Å². The van der Waals surface area contributed by atoms with Crippen molar-refractivity contribution in [1.82, 2.24) is 9.80 Å². The predicted molar refractivity (Wildman–Crippen MR) is 88.5 cm³/mol. The molecule has 1 fully saturated rings. The Morgan fingerprint density at radius 3 is 2.86 bits per heavy atom. The number of likely N-dealkylation sites (N-methyl/N-ethyl adjacent to an activating group) is 1. The van der Waals surface area contributed by atoms with Crippen LogP contribution in [-0.2, 0) is 11.3 Å². The van der Waals surface area contributed by atoms with Gasteiger partial charge in [-0.3, -0.25) is 9.69 Å². The summed E-state index contributed by atoms with van der Waals surface area (Å²) >= 11 is 0. The van der Waals surface area contributed by atoms with Crippen molar-refractivity contribution in [2.75, 3.05) is 20.1 Å². The van der Waals surface area contributed by atoms with Crippen molar-refractivity contribution in [2.24, 2.45) is 0 Å². The molecule has 2 rings (SSSR count). The van der Waals surface area contributed by atoms with E-state index in [-0.39, 0.29) is 12.0 Å². The second-order valence-electron chi connectivity index (χ2n) is 6.53. The fraction of sp³-hybridized carbons (Fsp3) is 0.611. The van der Waals surface area contributed by atoms with E-state index in [1.807, 2.05) is 26.1 Å². The van der Waals surface area contributed by atoms with Gasteiger partial charge in [-0.25, -0.2) is 0 Å². The van der Waals surface area contributed by atoms with Crippen LogP contribution in [0.1, 0.15) is 37.3 Å². The molecule has 0 aliphatic carbocycles. The Morgan fingerprint density at radius 1 is 1.45 bits per heavy atom. The van der Waals surface area contributed by atoms with Crippen molar-refractivity contribution in [3.63, 3.8) is 0 Å². The third-order valence-electron chi connectivity index (χ3n) is 4.55. The van der Waals surface area contributed by atoms with Gasteiger partial charge in [0, 0.05) is 19.6 Å². The molecule has 1 amide bonds. The monoisotopic (exact) mass is 304 g/mol. The third-order valence-corrected chi connectivity index (χ3v) is 4.55. The van der Waals surface area contributed by atoms with E-state index in [4.69, 9.17) is 0 Å². The van der Waals surface area contributed by atoms with Gasteiger partial charge in [0.05, 0.1) is 12.6 Å². The fourth-order valence-corrected chi connectivity index (χ4v) is 3.19. The standard InChI is InChI=1S/C18H28N2O2/c1-14-7-4-5-8-16(14)12-19(3)18(22)13-20-10-6-9-17(20)11-15(2)21/h4-5,7-8,15,17,21H,6,9-13H2,1-3H3. The van der Waals surface area contributed by atoms with Crippen LogP contribution >= 0.6 is 0 Å². The van der Waals surface area contributed by atoms with E-state index in [2.05, 4.69) is 24.0 Å². The van der Waals surface area contributed by atoms with Crippen molar-refractivity contribution >= 4 is 5.91 Å². The number of carbonyl (C=O) groups excluding carboxylic acids is 1. The van der Waals surface area contributed by atoms with Crippen molar-refractivity contribution in [1.29, 1.82) is 0 Å². The molecule has 2 unspecified atom stereocenters. The Balaban J connectivity index is 1.89. The molecule has 0 spiro atoms. The average molecular weight is 304 g/mol. The van der Waals surface area contributed by atoms with Gasteiger partial charge >= 0.3 is 0 Å².